The van der Waals surface area contributed by atoms with Gasteiger partial charge < -0.3 is 105 Å². The van der Waals surface area contributed by atoms with Gasteiger partial charge in [0.25, 0.3) is 0 Å². The van der Waals surface area contributed by atoms with Crippen LogP contribution in [-0.4, -0.2) is 224 Å². The van der Waals surface area contributed by atoms with Gasteiger partial charge in [-0.2, -0.15) is 0 Å². The zero-order valence-corrected chi connectivity index (χ0v) is 31.3. The highest BCUT2D eigenvalue weighted by atomic mass is 16.8. The van der Waals surface area contributed by atoms with E-state index in [-0.39, 0.29) is 0 Å². The summed E-state index contributed by atoms with van der Waals surface area (Å²) in [5, 5.41) is 115. The number of carbonyl (C=O) groups is 4. The van der Waals surface area contributed by atoms with Crippen molar-refractivity contribution in [3.63, 3.8) is 0 Å². The fourth-order valence-corrected chi connectivity index (χ4v) is 7.15. The first-order valence-electron chi connectivity index (χ1n) is 18.1. The number of nitrogens with one attached hydrogen (secondary N) is 4. The molecular formula is C32H54N4O21. The minimum atomic E-state index is -1.88. The van der Waals surface area contributed by atoms with Gasteiger partial charge in [-0.05, 0) is 0 Å². The van der Waals surface area contributed by atoms with E-state index in [1.165, 1.54) is 0 Å². The molecule has 0 spiro atoms. The molecular weight excluding hydrogens is 776 g/mol. The zero-order chi connectivity index (χ0) is 42.5. The summed E-state index contributed by atoms with van der Waals surface area (Å²) in [6.07, 6.45) is -27.9. The first-order chi connectivity index (χ1) is 26.9. The van der Waals surface area contributed by atoms with Gasteiger partial charge >= 0.3 is 0 Å². The van der Waals surface area contributed by atoms with Crippen LogP contribution in [0.5, 0.6) is 0 Å². The lowest BCUT2D eigenvalue weighted by Crippen LogP contribution is -2.73. The smallest absolute Gasteiger partial charge is 0.217 e. The second-order valence-corrected chi connectivity index (χ2v) is 14.1. The number of aliphatic hydroxyl groups excluding tert-OH is 10. The third-order valence-electron chi connectivity index (χ3n) is 9.81. The molecule has 4 heterocycles. The summed E-state index contributed by atoms with van der Waals surface area (Å²) in [5.74, 6) is -3.00. The Morgan fingerprint density at radius 1 is 0.421 bits per heavy atom. The lowest BCUT2D eigenvalue weighted by atomic mass is 9.92. The average Bonchev–Trinajstić information content (AvgIpc) is 3.14. The highest BCUT2D eigenvalue weighted by molar-refractivity contribution is 5.74. The summed E-state index contributed by atoms with van der Waals surface area (Å²) >= 11 is 0. The first kappa shape index (κ1) is 46.9. The molecule has 4 aliphatic rings. The maximum atomic E-state index is 12.9. The summed E-state index contributed by atoms with van der Waals surface area (Å²) in [6.45, 7) is 0.706. The molecule has 4 fully saturated rings. The molecule has 25 nitrogen and oxygen atoms in total. The molecule has 14 N–H and O–H groups in total. The number of hydrogen-bond acceptors (Lipinski definition) is 21. The van der Waals surface area contributed by atoms with Gasteiger partial charge in [-0.25, -0.2) is 0 Å². The van der Waals surface area contributed by atoms with E-state index < -0.39 is 173 Å². The Labute approximate surface area is 325 Å². The number of rotatable bonds is 14. The molecule has 4 saturated heterocycles. The summed E-state index contributed by atoms with van der Waals surface area (Å²) in [7, 11) is 0. The first-order valence-corrected chi connectivity index (χ1v) is 18.1. The van der Waals surface area contributed by atoms with E-state index >= 15 is 0 Å². The standard InChI is InChI=1S/C32H54N4O21/c1-9(41)33-17-24(48)21(45)13(5-37)52-30(17)55-26-16(8-40)54-32(56-27-19(35-11(3)43)29(50)51-15(7-39)23(27)47)20(36-12(4)44)28(26)57-31-18(34-10(2)42)25(49)22(46)14(6-38)53-31/h13-32,37-40,45-50H,5-8H2,1-4H3,(H,33,41)(H,34,42)(H,35,43)(H,36,44)/t13-,14-,15-,16-,17-,18-,19-,20-,21+,22+,23+,24-,25-,26-,27-,28-,29?,30?,31?,32+/m1/s1. The highest BCUT2D eigenvalue weighted by Gasteiger charge is 2.57. The summed E-state index contributed by atoms with van der Waals surface area (Å²) in [4.78, 5) is 49.5. The minimum Gasteiger partial charge on any atom is -0.394 e. The largest absolute Gasteiger partial charge is 0.394 e. The van der Waals surface area contributed by atoms with Gasteiger partial charge in [0.05, 0.1) is 26.4 Å². The number of ether oxygens (including phenoxy) is 7. The van der Waals surface area contributed by atoms with E-state index in [0.717, 1.165) is 27.7 Å². The molecule has 328 valence electrons. The van der Waals surface area contributed by atoms with Crippen LogP contribution in [0.1, 0.15) is 27.7 Å². The van der Waals surface area contributed by atoms with Gasteiger partial charge in [-0.1, -0.05) is 0 Å². The van der Waals surface area contributed by atoms with Crippen LogP contribution in [0.4, 0.5) is 0 Å². The van der Waals surface area contributed by atoms with Crippen molar-refractivity contribution < 1.29 is 103 Å². The highest BCUT2D eigenvalue weighted by Crippen LogP contribution is 2.36. The van der Waals surface area contributed by atoms with Crippen molar-refractivity contribution in [2.45, 2.75) is 150 Å². The van der Waals surface area contributed by atoms with Crippen molar-refractivity contribution in [1.29, 1.82) is 0 Å². The predicted octanol–water partition coefficient (Wildman–Crippen LogP) is -9.17. The molecule has 20 atom stereocenters. The van der Waals surface area contributed by atoms with E-state index in [1.807, 2.05) is 0 Å². The quantitative estimate of drug-likeness (QED) is 0.0773. The summed E-state index contributed by atoms with van der Waals surface area (Å²) in [5.41, 5.74) is 0. The molecule has 0 saturated carbocycles. The summed E-state index contributed by atoms with van der Waals surface area (Å²) in [6, 6.07) is -6.43. The van der Waals surface area contributed by atoms with Crippen LogP contribution in [0, 0.1) is 0 Å². The second-order valence-electron chi connectivity index (χ2n) is 14.1. The molecule has 0 aliphatic carbocycles. The van der Waals surface area contributed by atoms with Crippen molar-refractivity contribution in [3.8, 4) is 0 Å². The van der Waals surface area contributed by atoms with Gasteiger partial charge in [0.2, 0.25) is 23.6 Å². The van der Waals surface area contributed by atoms with Gasteiger partial charge in [0.15, 0.2) is 25.2 Å². The maximum absolute atomic E-state index is 12.9. The van der Waals surface area contributed by atoms with Crippen LogP contribution in [-0.2, 0) is 52.3 Å². The lowest BCUT2D eigenvalue weighted by Gasteiger charge is -2.52. The number of aliphatic hydroxyl groups is 10. The van der Waals surface area contributed by atoms with Crippen LogP contribution < -0.4 is 21.3 Å². The third kappa shape index (κ3) is 10.9. The van der Waals surface area contributed by atoms with Crippen LogP contribution in [0.3, 0.4) is 0 Å². The fraction of sp³-hybridized carbons (Fsp3) is 0.875. The van der Waals surface area contributed by atoms with E-state index in [9.17, 15) is 70.2 Å². The topological polar surface area (TPSA) is 383 Å². The molecule has 4 aliphatic heterocycles. The van der Waals surface area contributed by atoms with Crippen molar-refractivity contribution >= 4 is 23.6 Å². The van der Waals surface area contributed by atoms with Crippen LogP contribution in [0.25, 0.3) is 0 Å². The maximum Gasteiger partial charge on any atom is 0.217 e. The van der Waals surface area contributed by atoms with Crippen molar-refractivity contribution in [1.82, 2.24) is 21.3 Å². The molecule has 57 heavy (non-hydrogen) atoms. The number of carbonyl (C=O) groups excluding carboxylic acids is 4. The Morgan fingerprint density at radius 3 is 1.18 bits per heavy atom. The molecule has 0 aromatic heterocycles. The molecule has 0 aromatic carbocycles. The van der Waals surface area contributed by atoms with Gasteiger partial charge in [0, 0.05) is 27.7 Å². The SMILES string of the molecule is CC(=O)N[C@H]1[C@H](O[C@H]2[C@@H](O)[C@@H](CO)OC(O)[C@@H]2NC(C)=O)O[C@H](CO)[C@@H](OC2O[C@H](CO)[C@H](O)[C@H](O)[C@H]2NC(C)=O)[C@@H]1OC1O[C@H](CO)[C@H](O)[C@H](O)[C@H]1NC(C)=O. The Kier molecular flexibility index (Phi) is 16.8. The number of amides is 4. The molecule has 0 aromatic rings. The molecule has 3 unspecified atom stereocenters. The molecule has 0 radical (unpaired) electrons. The monoisotopic (exact) mass is 830 g/mol. The Morgan fingerprint density at radius 2 is 0.754 bits per heavy atom. The Hall–Kier alpha value is -2.80. The van der Waals surface area contributed by atoms with Crippen LogP contribution in [0.2, 0.25) is 0 Å². The van der Waals surface area contributed by atoms with Gasteiger partial charge in [-0.15, -0.1) is 0 Å². The van der Waals surface area contributed by atoms with Crippen LogP contribution in [0.15, 0.2) is 0 Å². The number of hydrogen-bond donors (Lipinski definition) is 14. The van der Waals surface area contributed by atoms with E-state index in [4.69, 9.17) is 33.2 Å². The predicted molar refractivity (Wildman–Crippen MR) is 180 cm³/mol. The molecule has 4 amide bonds. The van der Waals surface area contributed by atoms with Crippen molar-refractivity contribution in [2.75, 3.05) is 26.4 Å². The Bertz CT molecular complexity index is 1370. The van der Waals surface area contributed by atoms with Crippen molar-refractivity contribution in [3.05, 3.63) is 0 Å². The van der Waals surface area contributed by atoms with E-state index in [2.05, 4.69) is 21.3 Å². The van der Waals surface area contributed by atoms with Crippen molar-refractivity contribution in [2.24, 2.45) is 0 Å². The van der Waals surface area contributed by atoms with Crippen LogP contribution >= 0.6 is 0 Å². The van der Waals surface area contributed by atoms with Gasteiger partial charge in [-0.3, -0.25) is 19.2 Å². The normalized spacial score (nSPS) is 43.8. The lowest BCUT2D eigenvalue weighted by molar-refractivity contribution is -0.370. The van der Waals surface area contributed by atoms with E-state index in [0.29, 0.717) is 0 Å². The minimum absolute atomic E-state index is 0.718. The fourth-order valence-electron chi connectivity index (χ4n) is 7.15. The third-order valence-corrected chi connectivity index (χ3v) is 9.81. The second kappa shape index (κ2) is 20.4. The molecule has 25 heteroatoms. The molecule has 0 bridgehead atoms. The van der Waals surface area contributed by atoms with Gasteiger partial charge in [0.1, 0.15) is 97.4 Å². The average molecular weight is 831 g/mol. The Balaban J connectivity index is 1.86. The summed E-state index contributed by atoms with van der Waals surface area (Å²) < 4.78 is 41.5. The molecule has 4 rings (SSSR count). The van der Waals surface area contributed by atoms with E-state index in [1.54, 1.807) is 0 Å². The zero-order valence-electron chi connectivity index (χ0n) is 31.3.